The Bertz CT molecular complexity index is 1160. The summed E-state index contributed by atoms with van der Waals surface area (Å²) in [4.78, 5) is 37.8. The summed E-state index contributed by atoms with van der Waals surface area (Å²) < 4.78 is 44.1. The number of rotatable bonds is 7. The standard InChI is InChI=1S/C23H27F3N6O5/c1-12-7-17(21(35)28-13(2)23(24,25)26)29-20-19(12)31-6-5-14(9-31)32(20)22(36)30-18-4-3-16(8-27-18)37-11-15(34)10-33/h3-4,7-8,13-15,33-34H,5-6,9-11H2,1-2H3,(H,28,35)(H,27,30,36)/t13?,14-,15?/m0/s1. The van der Waals surface area contributed by atoms with Gasteiger partial charge in [-0.05, 0) is 44.0 Å². The highest BCUT2D eigenvalue weighted by atomic mass is 19.4. The molecule has 2 aromatic heterocycles. The van der Waals surface area contributed by atoms with Crippen LogP contribution in [0.25, 0.3) is 0 Å². The van der Waals surface area contributed by atoms with Gasteiger partial charge in [0.05, 0.1) is 24.5 Å². The van der Waals surface area contributed by atoms with E-state index in [4.69, 9.17) is 9.84 Å². The summed E-state index contributed by atoms with van der Waals surface area (Å²) in [5, 5.41) is 22.8. The molecule has 0 saturated carbocycles. The Morgan fingerprint density at radius 3 is 2.73 bits per heavy atom. The zero-order valence-electron chi connectivity index (χ0n) is 20.1. The van der Waals surface area contributed by atoms with Crippen LogP contribution in [-0.4, -0.2) is 82.8 Å². The number of ether oxygens (including phenoxy) is 1. The molecule has 1 fully saturated rings. The average molecular weight is 525 g/mol. The van der Waals surface area contributed by atoms with Crippen molar-refractivity contribution in [3.8, 4) is 5.75 Å². The predicted octanol–water partition coefficient (Wildman–Crippen LogP) is 1.83. The highest BCUT2D eigenvalue weighted by Crippen LogP contribution is 2.41. The van der Waals surface area contributed by atoms with Gasteiger partial charge in [0.25, 0.3) is 5.91 Å². The Balaban J connectivity index is 1.56. The van der Waals surface area contributed by atoms with E-state index in [1.165, 1.54) is 29.3 Å². The molecule has 37 heavy (non-hydrogen) atoms. The molecule has 2 unspecified atom stereocenters. The molecule has 0 aliphatic carbocycles. The van der Waals surface area contributed by atoms with Gasteiger partial charge in [-0.25, -0.2) is 14.8 Å². The number of aromatic nitrogens is 2. The van der Waals surface area contributed by atoms with Crippen molar-refractivity contribution >= 4 is 29.3 Å². The van der Waals surface area contributed by atoms with Crippen LogP contribution in [0.4, 0.5) is 35.3 Å². The number of nitrogens with one attached hydrogen (secondary N) is 2. The number of carbonyl (C=O) groups is 2. The number of hydrogen-bond acceptors (Lipinski definition) is 8. The van der Waals surface area contributed by atoms with Crippen molar-refractivity contribution in [1.29, 1.82) is 0 Å². The fourth-order valence-electron chi connectivity index (χ4n) is 4.22. The summed E-state index contributed by atoms with van der Waals surface area (Å²) in [6.45, 7) is 3.18. The number of fused-ring (bicyclic) bond motifs is 4. The molecule has 11 nitrogen and oxygen atoms in total. The molecule has 1 saturated heterocycles. The molecule has 2 aliphatic rings. The zero-order valence-corrected chi connectivity index (χ0v) is 20.1. The number of carbonyl (C=O) groups excluding carboxylic acids is 2. The Labute approximate surface area is 210 Å². The molecule has 200 valence electrons. The first-order valence-corrected chi connectivity index (χ1v) is 11.6. The summed E-state index contributed by atoms with van der Waals surface area (Å²) in [6.07, 6.45) is -3.66. The first-order chi connectivity index (χ1) is 17.5. The third kappa shape index (κ3) is 5.69. The van der Waals surface area contributed by atoms with Crippen molar-refractivity contribution < 1.29 is 37.7 Å². The van der Waals surface area contributed by atoms with E-state index in [-0.39, 0.29) is 30.0 Å². The van der Waals surface area contributed by atoms with E-state index in [9.17, 15) is 27.9 Å². The van der Waals surface area contributed by atoms with Gasteiger partial charge in [-0.15, -0.1) is 0 Å². The van der Waals surface area contributed by atoms with Crippen LogP contribution < -0.4 is 25.2 Å². The highest BCUT2D eigenvalue weighted by Gasteiger charge is 2.42. The first kappa shape index (κ1) is 26.4. The molecule has 2 aromatic rings. The SMILES string of the molecule is Cc1cc(C(=O)NC(C)C(F)(F)F)nc2c1N1CC[C@@H](C1)N2C(=O)Nc1ccc(OCC(O)CO)cn1. The summed E-state index contributed by atoms with van der Waals surface area (Å²) >= 11 is 0. The molecule has 0 aromatic carbocycles. The monoisotopic (exact) mass is 524 g/mol. The Morgan fingerprint density at radius 2 is 2.08 bits per heavy atom. The first-order valence-electron chi connectivity index (χ1n) is 11.6. The van der Waals surface area contributed by atoms with E-state index >= 15 is 0 Å². The highest BCUT2D eigenvalue weighted by molar-refractivity contribution is 6.05. The quantitative estimate of drug-likeness (QED) is 0.430. The van der Waals surface area contributed by atoms with Crippen LogP contribution >= 0.6 is 0 Å². The predicted molar refractivity (Wildman–Crippen MR) is 127 cm³/mol. The third-order valence-corrected chi connectivity index (χ3v) is 6.15. The van der Waals surface area contributed by atoms with Crippen LogP contribution in [-0.2, 0) is 0 Å². The molecule has 4 heterocycles. The van der Waals surface area contributed by atoms with Gasteiger partial charge >= 0.3 is 12.2 Å². The average Bonchev–Trinajstić information content (AvgIpc) is 3.25. The summed E-state index contributed by atoms with van der Waals surface area (Å²) in [7, 11) is 0. The van der Waals surface area contributed by atoms with Crippen LogP contribution in [0, 0.1) is 6.92 Å². The smallest absolute Gasteiger partial charge is 0.408 e. The molecular weight excluding hydrogens is 497 g/mol. The van der Waals surface area contributed by atoms with Crippen LogP contribution in [0.2, 0.25) is 0 Å². The van der Waals surface area contributed by atoms with Gasteiger partial charge in [-0.3, -0.25) is 15.0 Å². The zero-order chi connectivity index (χ0) is 26.9. The number of aliphatic hydroxyl groups excluding tert-OH is 2. The summed E-state index contributed by atoms with van der Waals surface area (Å²) in [5.74, 6) is -0.283. The Kier molecular flexibility index (Phi) is 7.41. The molecule has 3 atom stereocenters. The van der Waals surface area contributed by atoms with Crippen molar-refractivity contribution in [3.05, 3.63) is 35.7 Å². The number of alkyl halides is 3. The second kappa shape index (κ2) is 10.4. The summed E-state index contributed by atoms with van der Waals surface area (Å²) in [5.41, 5.74) is 1.03. The van der Waals surface area contributed by atoms with E-state index in [1.54, 1.807) is 6.92 Å². The molecule has 14 heteroatoms. The second-order valence-electron chi connectivity index (χ2n) is 8.95. The molecule has 4 rings (SSSR count). The largest absolute Gasteiger partial charge is 0.489 e. The van der Waals surface area contributed by atoms with Gasteiger partial charge in [-0.2, -0.15) is 13.2 Å². The lowest BCUT2D eigenvalue weighted by molar-refractivity contribution is -0.149. The van der Waals surface area contributed by atoms with Gasteiger partial charge in [-0.1, -0.05) is 0 Å². The van der Waals surface area contributed by atoms with Crippen LogP contribution in [0.15, 0.2) is 24.4 Å². The van der Waals surface area contributed by atoms with E-state index in [0.29, 0.717) is 36.5 Å². The third-order valence-electron chi connectivity index (χ3n) is 6.15. The van der Waals surface area contributed by atoms with E-state index in [1.807, 2.05) is 10.2 Å². The van der Waals surface area contributed by atoms with E-state index in [2.05, 4.69) is 15.3 Å². The lowest BCUT2D eigenvalue weighted by Gasteiger charge is -2.36. The Hall–Kier alpha value is -3.65. The number of amides is 3. The lowest BCUT2D eigenvalue weighted by atomic mass is 10.1. The number of aliphatic hydroxyl groups is 2. The maximum atomic E-state index is 13.3. The van der Waals surface area contributed by atoms with Gasteiger partial charge < -0.3 is 25.2 Å². The van der Waals surface area contributed by atoms with Crippen molar-refractivity contribution in [1.82, 2.24) is 15.3 Å². The molecular formula is C23H27F3N6O5. The lowest BCUT2D eigenvalue weighted by Crippen LogP contribution is -2.49. The molecule has 0 radical (unpaired) electrons. The van der Waals surface area contributed by atoms with Gasteiger partial charge in [0, 0.05) is 13.1 Å². The minimum atomic E-state index is -4.61. The molecule has 2 aliphatic heterocycles. The number of anilines is 3. The van der Waals surface area contributed by atoms with Crippen LogP contribution in [0.3, 0.4) is 0 Å². The number of aryl methyl sites for hydroxylation is 1. The van der Waals surface area contributed by atoms with E-state index in [0.717, 1.165) is 6.92 Å². The maximum Gasteiger partial charge on any atom is 0.408 e. The van der Waals surface area contributed by atoms with Crippen molar-refractivity contribution in [2.75, 3.05) is 41.4 Å². The summed E-state index contributed by atoms with van der Waals surface area (Å²) in [6, 6.07) is 1.56. The molecule has 3 amide bonds. The normalized spacial score (nSPS) is 18.2. The minimum absolute atomic E-state index is 0.130. The van der Waals surface area contributed by atoms with Crippen molar-refractivity contribution in [2.45, 2.75) is 44.6 Å². The van der Waals surface area contributed by atoms with Gasteiger partial charge in [0.15, 0.2) is 5.82 Å². The number of hydrogen-bond donors (Lipinski definition) is 4. The maximum absolute atomic E-state index is 13.3. The fraction of sp³-hybridized carbons (Fsp3) is 0.478. The van der Waals surface area contributed by atoms with Gasteiger partial charge in [0.1, 0.15) is 36.0 Å². The molecule has 2 bridgehead atoms. The number of halogens is 3. The van der Waals surface area contributed by atoms with E-state index < -0.39 is 36.9 Å². The van der Waals surface area contributed by atoms with Crippen LogP contribution in [0.5, 0.6) is 5.75 Å². The molecule has 0 spiro atoms. The van der Waals surface area contributed by atoms with Gasteiger partial charge in [0.2, 0.25) is 0 Å². The Morgan fingerprint density at radius 1 is 1.32 bits per heavy atom. The fourth-order valence-corrected chi connectivity index (χ4v) is 4.22. The molecule has 4 N–H and O–H groups in total. The topological polar surface area (TPSA) is 140 Å². The van der Waals surface area contributed by atoms with Crippen molar-refractivity contribution in [2.24, 2.45) is 0 Å². The second-order valence-corrected chi connectivity index (χ2v) is 8.95. The minimum Gasteiger partial charge on any atom is -0.489 e. The number of urea groups is 1. The number of nitrogens with zero attached hydrogens (tertiary/aromatic N) is 4. The van der Waals surface area contributed by atoms with Crippen LogP contribution in [0.1, 0.15) is 29.4 Å². The number of pyridine rings is 2. The van der Waals surface area contributed by atoms with Crippen molar-refractivity contribution in [3.63, 3.8) is 0 Å².